The lowest BCUT2D eigenvalue weighted by molar-refractivity contribution is -0.120. The summed E-state index contributed by atoms with van der Waals surface area (Å²) in [5.74, 6) is 0.224. The number of amides is 1. The molecule has 21 heavy (non-hydrogen) atoms. The van der Waals surface area contributed by atoms with E-state index < -0.39 is 10.0 Å². The van der Waals surface area contributed by atoms with E-state index in [0.29, 0.717) is 0 Å². The van der Waals surface area contributed by atoms with Crippen LogP contribution in [0.2, 0.25) is 0 Å². The fraction of sp³-hybridized carbons (Fsp3) is 0.533. The van der Waals surface area contributed by atoms with Crippen molar-refractivity contribution >= 4 is 21.6 Å². The zero-order valence-electron chi connectivity index (χ0n) is 12.3. The van der Waals surface area contributed by atoms with Gasteiger partial charge in [-0.3, -0.25) is 4.79 Å². The summed E-state index contributed by atoms with van der Waals surface area (Å²) in [5.41, 5.74) is 1.62. The van der Waals surface area contributed by atoms with Crippen molar-refractivity contribution in [3.05, 3.63) is 29.8 Å². The molecule has 1 amide bonds. The molecule has 1 aromatic carbocycles. The molecule has 0 atom stereocenters. The monoisotopic (exact) mass is 310 g/mol. The van der Waals surface area contributed by atoms with E-state index in [1.165, 1.54) is 6.42 Å². The summed E-state index contributed by atoms with van der Waals surface area (Å²) in [4.78, 5) is 12.1. The van der Waals surface area contributed by atoms with Crippen molar-refractivity contribution in [1.29, 1.82) is 0 Å². The Labute approximate surface area is 126 Å². The van der Waals surface area contributed by atoms with Crippen LogP contribution >= 0.6 is 0 Å². The first-order valence-electron chi connectivity index (χ1n) is 7.28. The maximum Gasteiger partial charge on any atom is 0.227 e. The van der Waals surface area contributed by atoms with Crippen LogP contribution in [0.1, 0.15) is 37.7 Å². The van der Waals surface area contributed by atoms with Crippen LogP contribution < -0.4 is 10.0 Å². The largest absolute Gasteiger partial charge is 0.326 e. The lowest BCUT2D eigenvalue weighted by Crippen LogP contribution is -2.24. The van der Waals surface area contributed by atoms with Crippen molar-refractivity contribution in [2.75, 3.05) is 11.6 Å². The maximum absolute atomic E-state index is 12.1. The number of hydrogen-bond donors (Lipinski definition) is 2. The Kier molecular flexibility index (Phi) is 5.36. The number of carbonyl (C=O) groups is 1. The summed E-state index contributed by atoms with van der Waals surface area (Å²) in [6.45, 7) is 0.260. The van der Waals surface area contributed by atoms with Crippen LogP contribution in [0.3, 0.4) is 0 Å². The highest BCUT2D eigenvalue weighted by atomic mass is 32.2. The van der Waals surface area contributed by atoms with Gasteiger partial charge in [-0.2, -0.15) is 0 Å². The van der Waals surface area contributed by atoms with Gasteiger partial charge in [0.15, 0.2) is 0 Å². The van der Waals surface area contributed by atoms with Crippen molar-refractivity contribution in [2.45, 2.75) is 38.6 Å². The Hall–Kier alpha value is -1.40. The molecule has 0 aliphatic heterocycles. The van der Waals surface area contributed by atoms with Gasteiger partial charge in [-0.15, -0.1) is 0 Å². The van der Waals surface area contributed by atoms with Crippen LogP contribution in [0.4, 0.5) is 5.69 Å². The molecule has 1 aliphatic rings. The van der Waals surface area contributed by atoms with E-state index in [2.05, 4.69) is 10.0 Å². The summed E-state index contributed by atoms with van der Waals surface area (Å²) in [5, 5.41) is 2.93. The highest BCUT2D eigenvalue weighted by molar-refractivity contribution is 7.88. The second-order valence-corrected chi connectivity index (χ2v) is 7.45. The number of nitrogens with one attached hydrogen (secondary N) is 2. The lowest BCUT2D eigenvalue weighted by atomic mass is 9.88. The predicted octanol–water partition coefficient (Wildman–Crippen LogP) is 2.25. The molecule has 6 heteroatoms. The van der Waals surface area contributed by atoms with Gasteiger partial charge in [0.2, 0.25) is 15.9 Å². The fourth-order valence-corrected chi connectivity index (χ4v) is 2.96. The Balaban J connectivity index is 1.88. The Bertz CT molecular complexity index is 575. The first-order valence-corrected chi connectivity index (χ1v) is 9.17. The fourth-order valence-electron chi connectivity index (χ4n) is 2.53. The molecular weight excluding hydrogens is 288 g/mol. The van der Waals surface area contributed by atoms with Crippen LogP contribution in [0.25, 0.3) is 0 Å². The smallest absolute Gasteiger partial charge is 0.227 e. The van der Waals surface area contributed by atoms with E-state index in [0.717, 1.165) is 43.2 Å². The van der Waals surface area contributed by atoms with Crippen LogP contribution in [-0.2, 0) is 21.4 Å². The molecule has 1 saturated carbocycles. The minimum Gasteiger partial charge on any atom is -0.326 e. The van der Waals surface area contributed by atoms with Crippen molar-refractivity contribution in [1.82, 2.24) is 4.72 Å². The van der Waals surface area contributed by atoms with Crippen molar-refractivity contribution in [3.8, 4) is 0 Å². The zero-order valence-corrected chi connectivity index (χ0v) is 13.1. The Morgan fingerprint density at radius 1 is 1.14 bits per heavy atom. The van der Waals surface area contributed by atoms with Crippen molar-refractivity contribution < 1.29 is 13.2 Å². The van der Waals surface area contributed by atoms with E-state index in [1.54, 1.807) is 12.1 Å². The van der Waals surface area contributed by atoms with Crippen LogP contribution in [0.5, 0.6) is 0 Å². The molecule has 0 spiro atoms. The molecule has 0 aromatic heterocycles. The molecule has 5 nitrogen and oxygen atoms in total. The maximum atomic E-state index is 12.1. The lowest BCUT2D eigenvalue weighted by Gasteiger charge is -2.20. The van der Waals surface area contributed by atoms with E-state index in [4.69, 9.17) is 0 Å². The molecule has 0 radical (unpaired) electrons. The Morgan fingerprint density at radius 2 is 1.76 bits per heavy atom. The van der Waals surface area contributed by atoms with Gasteiger partial charge < -0.3 is 5.32 Å². The summed E-state index contributed by atoms with van der Waals surface area (Å²) in [7, 11) is -3.19. The normalized spacial score (nSPS) is 16.6. The molecule has 1 fully saturated rings. The zero-order chi connectivity index (χ0) is 15.3. The number of benzene rings is 1. The number of hydrogen-bond acceptors (Lipinski definition) is 3. The number of rotatable bonds is 5. The third-order valence-electron chi connectivity index (χ3n) is 3.74. The first-order chi connectivity index (χ1) is 9.94. The molecule has 0 saturated heterocycles. The second kappa shape index (κ2) is 7.04. The quantitative estimate of drug-likeness (QED) is 0.876. The van der Waals surface area contributed by atoms with Gasteiger partial charge in [-0.1, -0.05) is 31.4 Å². The van der Waals surface area contributed by atoms with E-state index >= 15 is 0 Å². The average molecular weight is 310 g/mol. The first kappa shape index (κ1) is 16.0. The van der Waals surface area contributed by atoms with E-state index in [9.17, 15) is 13.2 Å². The second-order valence-electron chi connectivity index (χ2n) is 5.61. The number of anilines is 1. The summed E-state index contributed by atoms with van der Waals surface area (Å²) in [6, 6.07) is 7.24. The molecular formula is C15H22N2O3S. The number of sulfonamides is 1. The van der Waals surface area contributed by atoms with Crippen LogP contribution in [-0.4, -0.2) is 20.6 Å². The highest BCUT2D eigenvalue weighted by Crippen LogP contribution is 2.25. The van der Waals surface area contributed by atoms with Gasteiger partial charge in [0.25, 0.3) is 0 Å². The van der Waals surface area contributed by atoms with E-state index in [1.807, 2.05) is 12.1 Å². The van der Waals surface area contributed by atoms with E-state index in [-0.39, 0.29) is 18.4 Å². The van der Waals surface area contributed by atoms with Gasteiger partial charge in [-0.25, -0.2) is 13.1 Å². The third kappa shape index (κ3) is 5.47. The molecule has 0 heterocycles. The minimum atomic E-state index is -3.19. The Morgan fingerprint density at radius 3 is 2.33 bits per heavy atom. The highest BCUT2D eigenvalue weighted by Gasteiger charge is 2.20. The summed E-state index contributed by atoms with van der Waals surface area (Å²) < 4.78 is 24.5. The third-order valence-corrected chi connectivity index (χ3v) is 4.40. The van der Waals surface area contributed by atoms with Crippen LogP contribution in [0, 0.1) is 5.92 Å². The average Bonchev–Trinajstić information content (AvgIpc) is 2.46. The molecule has 0 unspecified atom stereocenters. The predicted molar refractivity (Wildman–Crippen MR) is 83.3 cm³/mol. The molecule has 0 bridgehead atoms. The summed E-state index contributed by atoms with van der Waals surface area (Å²) in [6.07, 6.45) is 6.57. The van der Waals surface area contributed by atoms with Gasteiger partial charge in [0, 0.05) is 18.2 Å². The minimum absolute atomic E-state index is 0.0942. The van der Waals surface area contributed by atoms with Crippen LogP contribution in [0.15, 0.2) is 24.3 Å². The summed E-state index contributed by atoms with van der Waals surface area (Å²) >= 11 is 0. The molecule has 1 aromatic rings. The molecule has 1 aliphatic carbocycles. The standard InChI is InChI=1S/C15H22N2O3S/c1-21(19,20)16-11-12-7-9-14(10-8-12)17-15(18)13-5-3-2-4-6-13/h7-10,13,16H,2-6,11H2,1H3,(H,17,18). The SMILES string of the molecule is CS(=O)(=O)NCc1ccc(NC(=O)C2CCCCC2)cc1. The topological polar surface area (TPSA) is 75.3 Å². The van der Waals surface area contributed by atoms with Gasteiger partial charge in [-0.05, 0) is 30.5 Å². The van der Waals surface area contributed by atoms with Crippen molar-refractivity contribution in [3.63, 3.8) is 0 Å². The van der Waals surface area contributed by atoms with Crippen molar-refractivity contribution in [2.24, 2.45) is 5.92 Å². The molecule has 2 rings (SSSR count). The van der Waals surface area contributed by atoms with Gasteiger partial charge in [0.05, 0.1) is 6.26 Å². The van der Waals surface area contributed by atoms with Gasteiger partial charge in [0.1, 0.15) is 0 Å². The van der Waals surface area contributed by atoms with Gasteiger partial charge >= 0.3 is 0 Å². The number of carbonyl (C=O) groups excluding carboxylic acids is 1. The molecule has 2 N–H and O–H groups in total. The molecule has 116 valence electrons.